The van der Waals surface area contributed by atoms with E-state index in [-0.39, 0.29) is 52.5 Å². The number of hydrogen-bond acceptors (Lipinski definition) is 9. The second kappa shape index (κ2) is 18.5. The molecule has 0 unspecified atom stereocenters. The van der Waals surface area contributed by atoms with Crippen molar-refractivity contribution in [2.75, 3.05) is 26.1 Å². The number of fused-ring (bicyclic) bond motifs is 1. The van der Waals surface area contributed by atoms with Crippen LogP contribution in [0.1, 0.15) is 109 Å². The zero-order chi connectivity index (χ0) is 39.8. The summed E-state index contributed by atoms with van der Waals surface area (Å²) in [7, 11) is -1.19. The minimum absolute atomic E-state index is 0.0142. The highest BCUT2D eigenvalue weighted by Gasteiger charge is 2.36. The zero-order valence-electron chi connectivity index (χ0n) is 32.3. The van der Waals surface area contributed by atoms with E-state index in [1.807, 2.05) is 43.3 Å². The number of esters is 2. The van der Waals surface area contributed by atoms with Gasteiger partial charge < -0.3 is 14.8 Å². The number of thiophene rings is 1. The second-order valence-electron chi connectivity index (χ2n) is 14.6. The number of benzene rings is 3. The van der Waals surface area contributed by atoms with Gasteiger partial charge in [0, 0.05) is 40.0 Å². The number of rotatable bonds is 15. The van der Waals surface area contributed by atoms with Gasteiger partial charge in [0.2, 0.25) is 10.0 Å². The summed E-state index contributed by atoms with van der Waals surface area (Å²) in [6, 6.07) is 21.1. The van der Waals surface area contributed by atoms with Gasteiger partial charge >= 0.3 is 11.9 Å². The van der Waals surface area contributed by atoms with Crippen molar-refractivity contribution in [3.63, 3.8) is 0 Å². The summed E-state index contributed by atoms with van der Waals surface area (Å²) in [5, 5.41) is 3.07. The van der Waals surface area contributed by atoms with Crippen LogP contribution >= 0.6 is 11.3 Å². The molecular weight excluding hydrogens is 749 g/mol. The number of sulfonamides is 1. The van der Waals surface area contributed by atoms with E-state index < -0.39 is 10.0 Å². The molecule has 0 atom stereocenters. The lowest BCUT2D eigenvalue weighted by atomic mass is 9.86. The Bertz CT molecular complexity index is 2150. The van der Waals surface area contributed by atoms with E-state index in [9.17, 15) is 27.6 Å². The number of nitrogens with zero attached hydrogens (tertiary/aromatic N) is 1. The number of ether oxygens (including phenoxy) is 2. The van der Waals surface area contributed by atoms with Crippen LogP contribution in [0.5, 0.6) is 0 Å². The molecular formula is C44H50N2O8S2. The summed E-state index contributed by atoms with van der Waals surface area (Å²) in [6.45, 7) is 2.27. The van der Waals surface area contributed by atoms with Crippen LogP contribution in [-0.2, 0) is 56.4 Å². The van der Waals surface area contributed by atoms with E-state index in [2.05, 4.69) is 5.32 Å². The Labute approximate surface area is 333 Å². The number of ketones is 1. The highest BCUT2D eigenvalue weighted by molar-refractivity contribution is 7.89. The summed E-state index contributed by atoms with van der Waals surface area (Å²) in [5.41, 5.74) is 5.21. The van der Waals surface area contributed by atoms with Gasteiger partial charge in [0.25, 0.3) is 5.91 Å². The molecule has 2 aliphatic rings. The van der Waals surface area contributed by atoms with Crippen LogP contribution < -0.4 is 5.32 Å². The van der Waals surface area contributed by atoms with E-state index >= 15 is 0 Å². The largest absolute Gasteiger partial charge is 0.469 e. The summed E-state index contributed by atoms with van der Waals surface area (Å²) in [5.74, 6) is -1.34. The molecule has 0 saturated heterocycles. The Kier molecular flexibility index (Phi) is 13.6. The molecule has 1 aromatic heterocycles. The van der Waals surface area contributed by atoms with Gasteiger partial charge in [-0.25, -0.2) is 13.2 Å². The smallest absolute Gasteiger partial charge is 0.337 e. The number of anilines is 1. The Hall–Kier alpha value is -4.65. The molecule has 0 radical (unpaired) electrons. The predicted molar refractivity (Wildman–Crippen MR) is 217 cm³/mol. The molecule has 3 aromatic carbocycles. The van der Waals surface area contributed by atoms with Crippen molar-refractivity contribution in [3.05, 3.63) is 116 Å². The minimum atomic E-state index is -3.93. The fourth-order valence-corrected chi connectivity index (χ4v) is 11.1. The number of aryl methyl sites for hydroxylation is 3. The van der Waals surface area contributed by atoms with Gasteiger partial charge in [-0.3, -0.25) is 14.4 Å². The third-order valence-corrected chi connectivity index (χ3v) is 14.2. The predicted octanol–water partition coefficient (Wildman–Crippen LogP) is 8.01. The van der Waals surface area contributed by atoms with Crippen LogP contribution in [0.3, 0.4) is 0 Å². The molecule has 0 spiro atoms. The topological polar surface area (TPSA) is 136 Å². The summed E-state index contributed by atoms with van der Waals surface area (Å²) in [4.78, 5) is 53.6. The average Bonchev–Trinajstić information content (AvgIpc) is 3.60. The Balaban J connectivity index is 1.14. The molecule has 56 heavy (non-hydrogen) atoms. The lowest BCUT2D eigenvalue weighted by Crippen LogP contribution is -2.43. The monoisotopic (exact) mass is 798 g/mol. The van der Waals surface area contributed by atoms with Crippen LogP contribution in [0.2, 0.25) is 0 Å². The summed E-state index contributed by atoms with van der Waals surface area (Å²) < 4.78 is 39.4. The number of nitrogens with one attached hydrogen (secondary N) is 1. The third kappa shape index (κ3) is 9.47. The van der Waals surface area contributed by atoms with E-state index in [4.69, 9.17) is 9.47 Å². The van der Waals surface area contributed by atoms with Gasteiger partial charge in [0.1, 0.15) is 0 Å². The first kappa shape index (κ1) is 41.0. The maximum Gasteiger partial charge on any atom is 0.337 e. The Morgan fingerprint density at radius 2 is 1.48 bits per heavy atom. The molecule has 1 fully saturated rings. The standard InChI is InChI=1S/C44H50N2O8S2/c1-4-26-46(35-24-20-32(21-25-35)44(50)54-3)56(51,52)36-9-7-8-33(27-36)38(47)28-40-41(37-10-5-6-11-39(37)55-40)42(48)45-34-22-16-30(17-23-34)13-12-29-14-18-31(19-15-29)43(49)53-2/h7-9,14-19,22-23,27,32,35H,4-6,10-13,20-21,24-26,28H2,1-3H3,(H,45,48). The number of Topliss-reactive ketones (excluding diaryl/α,β-unsaturated/α-hetero) is 1. The number of methoxy groups -OCH3 is 2. The van der Waals surface area contributed by atoms with Crippen LogP contribution in [0.25, 0.3) is 0 Å². The first-order valence-electron chi connectivity index (χ1n) is 19.5. The van der Waals surface area contributed by atoms with Gasteiger partial charge in [-0.15, -0.1) is 11.3 Å². The SMILES string of the molecule is CCCN(C1CCC(C(=O)OC)CC1)S(=O)(=O)c1cccc(C(=O)Cc2sc3c(c2C(=O)Nc2ccc(CCc4ccc(C(=O)OC)cc4)cc2)CCCC3)c1. The van der Waals surface area contributed by atoms with E-state index in [1.54, 1.807) is 28.6 Å². The van der Waals surface area contributed by atoms with Crippen molar-refractivity contribution in [3.8, 4) is 0 Å². The molecule has 0 bridgehead atoms. The first-order chi connectivity index (χ1) is 27.0. The lowest BCUT2D eigenvalue weighted by molar-refractivity contribution is -0.146. The average molecular weight is 799 g/mol. The van der Waals surface area contributed by atoms with Gasteiger partial charge in [-0.2, -0.15) is 4.31 Å². The van der Waals surface area contributed by atoms with Crippen LogP contribution in [0.15, 0.2) is 77.7 Å². The molecule has 12 heteroatoms. The fourth-order valence-electron chi connectivity index (χ4n) is 7.87. The molecule has 296 valence electrons. The van der Waals surface area contributed by atoms with Crippen molar-refractivity contribution >= 4 is 50.7 Å². The maximum absolute atomic E-state index is 14.1. The van der Waals surface area contributed by atoms with Gasteiger partial charge in [0.15, 0.2) is 5.78 Å². The highest BCUT2D eigenvalue weighted by Crippen LogP contribution is 2.37. The van der Waals surface area contributed by atoms with Crippen LogP contribution in [-0.4, -0.2) is 63.2 Å². The molecule has 1 amide bonds. The molecule has 4 aromatic rings. The first-order valence-corrected chi connectivity index (χ1v) is 21.7. The zero-order valence-corrected chi connectivity index (χ0v) is 33.9. The highest BCUT2D eigenvalue weighted by atomic mass is 32.2. The second-order valence-corrected chi connectivity index (χ2v) is 17.7. The molecule has 2 aliphatic carbocycles. The van der Waals surface area contributed by atoms with Crippen molar-refractivity contribution in [1.29, 1.82) is 0 Å². The number of carbonyl (C=O) groups excluding carboxylic acids is 4. The van der Waals surface area contributed by atoms with E-state index in [1.165, 1.54) is 37.7 Å². The van der Waals surface area contributed by atoms with Crippen LogP contribution in [0.4, 0.5) is 5.69 Å². The molecule has 6 rings (SSSR count). The number of amides is 1. The molecule has 0 aliphatic heterocycles. The van der Waals surface area contributed by atoms with Crippen molar-refractivity contribution < 1.29 is 37.1 Å². The quantitative estimate of drug-likeness (QED) is 0.0944. The number of carbonyl (C=O) groups is 4. The third-order valence-electron chi connectivity index (χ3n) is 10.9. The molecule has 10 nitrogen and oxygen atoms in total. The normalized spacial score (nSPS) is 16.9. The van der Waals surface area contributed by atoms with Crippen molar-refractivity contribution in [1.82, 2.24) is 4.31 Å². The molecule has 1 N–H and O–H groups in total. The molecule has 1 saturated carbocycles. The Morgan fingerprint density at radius 3 is 2.12 bits per heavy atom. The van der Waals surface area contributed by atoms with Gasteiger partial charge in [-0.1, -0.05) is 43.3 Å². The van der Waals surface area contributed by atoms with Gasteiger partial charge in [-0.05, 0) is 124 Å². The molecule has 1 heterocycles. The van der Waals surface area contributed by atoms with Crippen molar-refractivity contribution in [2.24, 2.45) is 5.92 Å². The lowest BCUT2D eigenvalue weighted by Gasteiger charge is -2.35. The maximum atomic E-state index is 14.1. The fraction of sp³-hybridized carbons (Fsp3) is 0.409. The van der Waals surface area contributed by atoms with Gasteiger partial charge in [0.05, 0.1) is 36.2 Å². The van der Waals surface area contributed by atoms with E-state index in [0.717, 1.165) is 60.1 Å². The summed E-state index contributed by atoms with van der Waals surface area (Å²) in [6.07, 6.45) is 8.06. The Morgan fingerprint density at radius 1 is 0.821 bits per heavy atom. The summed E-state index contributed by atoms with van der Waals surface area (Å²) >= 11 is 1.51. The number of hydrogen-bond donors (Lipinski definition) is 1. The van der Waals surface area contributed by atoms with Crippen LogP contribution in [0, 0.1) is 5.92 Å². The van der Waals surface area contributed by atoms with E-state index in [0.29, 0.717) is 60.3 Å². The van der Waals surface area contributed by atoms with Crippen molar-refractivity contribution in [2.45, 2.75) is 94.9 Å². The minimum Gasteiger partial charge on any atom is -0.469 e.